The number of alkyl carbamates (subject to hydrolysis) is 1. The van der Waals surface area contributed by atoms with Crippen LogP contribution in [0.2, 0.25) is 10.0 Å². The second-order valence-electron chi connectivity index (χ2n) is 7.26. The molecule has 4 nitrogen and oxygen atoms in total. The van der Waals surface area contributed by atoms with Crippen LogP contribution in [0.25, 0.3) is 0 Å². The Balaban J connectivity index is 1.84. The van der Waals surface area contributed by atoms with Gasteiger partial charge in [-0.05, 0) is 51.7 Å². The molecule has 2 atom stereocenters. The highest BCUT2D eigenvalue weighted by Crippen LogP contribution is 2.28. The molecule has 1 amide bonds. The zero-order valence-corrected chi connectivity index (χ0v) is 16.0. The fraction of sp³-hybridized carbons (Fsp3) is 0.611. The molecule has 2 N–H and O–H groups in total. The lowest BCUT2D eigenvalue weighted by molar-refractivity contribution is 0.0517. The lowest BCUT2D eigenvalue weighted by Crippen LogP contribution is -2.40. The van der Waals surface area contributed by atoms with Crippen molar-refractivity contribution in [3.05, 3.63) is 33.8 Å². The Hall–Kier alpha value is -0.970. The number of ether oxygens (including phenoxy) is 1. The Kier molecular flexibility index (Phi) is 6.79. The standard InChI is InChI=1S/C18H26Cl2N2O2/c1-18(2,3)24-17(23)22-10-12-6-4-9-16(12)21-11-13-14(19)7-5-8-15(13)20/h5,7-8,12,16,21H,4,6,9-11H2,1-3H3,(H,22,23). The number of amides is 1. The predicted molar refractivity (Wildman–Crippen MR) is 98.7 cm³/mol. The normalized spacial score (nSPS) is 20.9. The van der Waals surface area contributed by atoms with E-state index in [-0.39, 0.29) is 6.09 Å². The largest absolute Gasteiger partial charge is 0.444 e. The Morgan fingerprint density at radius 1 is 1.25 bits per heavy atom. The summed E-state index contributed by atoms with van der Waals surface area (Å²) in [6, 6.07) is 5.88. The van der Waals surface area contributed by atoms with Gasteiger partial charge in [-0.2, -0.15) is 0 Å². The van der Waals surface area contributed by atoms with Gasteiger partial charge in [0.05, 0.1) is 0 Å². The summed E-state index contributed by atoms with van der Waals surface area (Å²) in [5.41, 5.74) is 0.449. The molecule has 134 valence electrons. The number of carbonyl (C=O) groups is 1. The molecule has 0 aromatic heterocycles. The van der Waals surface area contributed by atoms with Gasteiger partial charge in [0.25, 0.3) is 0 Å². The SMILES string of the molecule is CC(C)(C)OC(=O)NCC1CCCC1NCc1c(Cl)cccc1Cl. The fourth-order valence-corrected chi connectivity index (χ4v) is 3.54. The summed E-state index contributed by atoms with van der Waals surface area (Å²) in [6.45, 7) is 6.83. The molecule has 1 saturated carbocycles. The average molecular weight is 373 g/mol. The van der Waals surface area contributed by atoms with E-state index in [1.54, 1.807) is 0 Å². The van der Waals surface area contributed by atoms with Gasteiger partial charge < -0.3 is 15.4 Å². The molecule has 0 aliphatic heterocycles. The van der Waals surface area contributed by atoms with Crippen LogP contribution in [0.5, 0.6) is 0 Å². The van der Waals surface area contributed by atoms with Gasteiger partial charge in [0, 0.05) is 34.7 Å². The number of hydrogen-bond donors (Lipinski definition) is 2. The second-order valence-corrected chi connectivity index (χ2v) is 8.08. The number of carbonyl (C=O) groups excluding carboxylic acids is 1. The van der Waals surface area contributed by atoms with Crippen LogP contribution >= 0.6 is 23.2 Å². The fourth-order valence-electron chi connectivity index (χ4n) is 3.01. The van der Waals surface area contributed by atoms with E-state index in [0.29, 0.717) is 35.1 Å². The van der Waals surface area contributed by atoms with Crippen LogP contribution < -0.4 is 10.6 Å². The number of rotatable bonds is 5. The molecule has 2 unspecified atom stereocenters. The number of halogens is 2. The van der Waals surface area contributed by atoms with E-state index in [4.69, 9.17) is 27.9 Å². The molecule has 0 spiro atoms. The van der Waals surface area contributed by atoms with E-state index in [0.717, 1.165) is 24.8 Å². The molecule has 6 heteroatoms. The van der Waals surface area contributed by atoms with Crippen molar-refractivity contribution in [3.63, 3.8) is 0 Å². The van der Waals surface area contributed by atoms with Gasteiger partial charge >= 0.3 is 6.09 Å². The highest BCUT2D eigenvalue weighted by atomic mass is 35.5. The maximum atomic E-state index is 11.8. The molecular formula is C18H26Cl2N2O2. The van der Waals surface area contributed by atoms with Crippen molar-refractivity contribution >= 4 is 29.3 Å². The van der Waals surface area contributed by atoms with Crippen LogP contribution in [0, 0.1) is 5.92 Å². The molecule has 0 bridgehead atoms. The van der Waals surface area contributed by atoms with E-state index < -0.39 is 5.60 Å². The molecule has 1 aliphatic carbocycles. The Morgan fingerprint density at radius 2 is 1.92 bits per heavy atom. The minimum absolute atomic E-state index is 0.340. The summed E-state index contributed by atoms with van der Waals surface area (Å²) < 4.78 is 5.29. The summed E-state index contributed by atoms with van der Waals surface area (Å²) in [5, 5.41) is 7.77. The highest BCUT2D eigenvalue weighted by Gasteiger charge is 2.28. The van der Waals surface area contributed by atoms with Crippen molar-refractivity contribution in [1.29, 1.82) is 0 Å². The van der Waals surface area contributed by atoms with Gasteiger partial charge in [-0.3, -0.25) is 0 Å². The van der Waals surface area contributed by atoms with E-state index in [1.165, 1.54) is 0 Å². The molecule has 1 aliphatic rings. The van der Waals surface area contributed by atoms with Crippen molar-refractivity contribution in [2.75, 3.05) is 6.54 Å². The summed E-state index contributed by atoms with van der Waals surface area (Å²) in [4.78, 5) is 11.8. The highest BCUT2D eigenvalue weighted by molar-refractivity contribution is 6.35. The Bertz CT molecular complexity index is 552. The minimum atomic E-state index is -0.474. The molecule has 1 fully saturated rings. The van der Waals surface area contributed by atoms with Gasteiger partial charge in [0.2, 0.25) is 0 Å². The van der Waals surface area contributed by atoms with E-state index in [9.17, 15) is 4.79 Å². The Labute approximate surface area is 154 Å². The monoisotopic (exact) mass is 372 g/mol. The van der Waals surface area contributed by atoms with Gasteiger partial charge in [0.15, 0.2) is 0 Å². The molecule has 2 rings (SSSR count). The first-order chi connectivity index (χ1) is 11.3. The third kappa shape index (κ3) is 5.83. The number of benzene rings is 1. The minimum Gasteiger partial charge on any atom is -0.444 e. The average Bonchev–Trinajstić information content (AvgIpc) is 2.90. The van der Waals surface area contributed by atoms with Crippen molar-refractivity contribution in [1.82, 2.24) is 10.6 Å². The summed E-state index contributed by atoms with van der Waals surface area (Å²) in [7, 11) is 0. The van der Waals surface area contributed by atoms with Gasteiger partial charge in [-0.1, -0.05) is 35.7 Å². The van der Waals surface area contributed by atoms with Crippen LogP contribution in [0.1, 0.15) is 45.6 Å². The summed E-state index contributed by atoms with van der Waals surface area (Å²) in [5.74, 6) is 0.388. The lowest BCUT2D eigenvalue weighted by atomic mass is 10.0. The van der Waals surface area contributed by atoms with Crippen molar-refractivity contribution in [3.8, 4) is 0 Å². The third-order valence-electron chi connectivity index (χ3n) is 4.17. The molecule has 0 radical (unpaired) electrons. The molecule has 24 heavy (non-hydrogen) atoms. The Morgan fingerprint density at radius 3 is 2.54 bits per heavy atom. The van der Waals surface area contributed by atoms with Gasteiger partial charge in [0.1, 0.15) is 5.60 Å². The first-order valence-electron chi connectivity index (χ1n) is 8.39. The van der Waals surface area contributed by atoms with Crippen molar-refractivity contribution in [2.24, 2.45) is 5.92 Å². The van der Waals surface area contributed by atoms with Crippen LogP contribution in [0.15, 0.2) is 18.2 Å². The topological polar surface area (TPSA) is 50.4 Å². The quantitative estimate of drug-likeness (QED) is 0.781. The molecule has 0 heterocycles. The predicted octanol–water partition coefficient (Wildman–Crippen LogP) is 4.78. The van der Waals surface area contributed by atoms with Crippen LogP contribution in [-0.2, 0) is 11.3 Å². The maximum absolute atomic E-state index is 11.8. The van der Waals surface area contributed by atoms with Crippen molar-refractivity contribution < 1.29 is 9.53 Å². The van der Waals surface area contributed by atoms with Crippen LogP contribution in [-0.4, -0.2) is 24.3 Å². The van der Waals surface area contributed by atoms with Crippen LogP contribution in [0.4, 0.5) is 4.79 Å². The van der Waals surface area contributed by atoms with E-state index in [1.807, 2.05) is 39.0 Å². The number of hydrogen-bond acceptors (Lipinski definition) is 3. The maximum Gasteiger partial charge on any atom is 0.407 e. The molecule has 1 aromatic carbocycles. The van der Waals surface area contributed by atoms with E-state index >= 15 is 0 Å². The summed E-state index contributed by atoms with van der Waals surface area (Å²) in [6.07, 6.45) is 2.96. The lowest BCUT2D eigenvalue weighted by Gasteiger charge is -2.24. The smallest absolute Gasteiger partial charge is 0.407 e. The van der Waals surface area contributed by atoms with E-state index in [2.05, 4.69) is 10.6 Å². The summed E-state index contributed by atoms with van der Waals surface area (Å²) >= 11 is 12.4. The zero-order valence-electron chi connectivity index (χ0n) is 14.5. The third-order valence-corrected chi connectivity index (χ3v) is 4.88. The van der Waals surface area contributed by atoms with Crippen LogP contribution in [0.3, 0.4) is 0 Å². The zero-order chi connectivity index (χ0) is 17.7. The van der Waals surface area contributed by atoms with Gasteiger partial charge in [-0.25, -0.2) is 4.79 Å². The number of nitrogens with one attached hydrogen (secondary N) is 2. The van der Waals surface area contributed by atoms with Crippen molar-refractivity contribution in [2.45, 2.75) is 58.2 Å². The first kappa shape index (κ1) is 19.4. The molecule has 0 saturated heterocycles. The second kappa shape index (κ2) is 8.41. The van der Waals surface area contributed by atoms with Gasteiger partial charge in [-0.15, -0.1) is 0 Å². The molecular weight excluding hydrogens is 347 g/mol. The first-order valence-corrected chi connectivity index (χ1v) is 9.15. The molecule has 1 aromatic rings.